The first kappa shape index (κ1) is 84.2. The zero-order valence-corrected chi connectivity index (χ0v) is 66.6. The number of rotatable bonds is 20. The summed E-state index contributed by atoms with van der Waals surface area (Å²) in [6, 6.07) is 42.1. The summed E-state index contributed by atoms with van der Waals surface area (Å²) in [6.07, 6.45) is 0. The van der Waals surface area contributed by atoms with Gasteiger partial charge in [0.05, 0.1) is 87.9 Å². The molecule has 2 aliphatic rings. The van der Waals surface area contributed by atoms with Crippen LogP contribution in [0.15, 0.2) is 270 Å². The Hall–Kier alpha value is -9.11. The van der Waals surface area contributed by atoms with E-state index in [2.05, 4.69) is 70.8 Å². The standard InChI is InChI=1S/C32H27N9O8S2.C32H26N9O8S2.Co.3Na/c2*1-19-29(31(43)41(38-19)24-12-14-25(15-13-24)51(47,48)49)35-33-21-8-10-22(11-9-21)39-50(45,46)26-16-17-28(42)27(18-26)34-36-30-20(2)37-40(32(30)44)23-6-4-3-5-7-23;;;;/h3-18,29H,1-2H3,(H4,33,34,35,36,37,39,42,44,47,48,49);3-18,29H,1-2H3,(H3-,33,34,35,36,37,39,42,44,47,48,49);;;;/q;-1;+3;3*+1/p-5. The maximum atomic E-state index is 13.1. The molecule has 106 heavy (non-hydrogen) atoms. The molecule has 0 spiro atoms. The van der Waals surface area contributed by atoms with Crippen LogP contribution in [0.5, 0.6) is 17.4 Å². The van der Waals surface area contributed by atoms with Crippen molar-refractivity contribution in [1.82, 2.24) is 19.6 Å². The van der Waals surface area contributed by atoms with E-state index < -0.39 is 92.0 Å². The van der Waals surface area contributed by atoms with Gasteiger partial charge in [-0.25, -0.2) is 34.6 Å². The average Bonchev–Trinajstić information content (AvgIpc) is 1.59. The largest absolute Gasteiger partial charge is 3.00 e. The van der Waals surface area contributed by atoms with E-state index in [1.54, 1.807) is 88.4 Å². The van der Waals surface area contributed by atoms with E-state index in [-0.39, 0.29) is 183 Å². The monoisotopic (exact) mass is 1580 g/mol. The molecule has 0 aliphatic carbocycles. The third-order valence-electron chi connectivity index (χ3n) is 14.7. The Morgan fingerprint density at radius 2 is 0.868 bits per heavy atom. The molecule has 2 unspecified atom stereocenters. The van der Waals surface area contributed by atoms with Crippen molar-refractivity contribution in [1.29, 1.82) is 0 Å². The van der Waals surface area contributed by atoms with E-state index in [0.717, 1.165) is 75.4 Å². The first-order valence-corrected chi connectivity index (χ1v) is 35.2. The molecule has 2 aromatic heterocycles. The zero-order chi connectivity index (χ0) is 73.0. The van der Waals surface area contributed by atoms with Gasteiger partial charge < -0.3 is 29.3 Å². The summed E-state index contributed by atoms with van der Waals surface area (Å²) >= 11 is 0. The maximum absolute atomic E-state index is 13.1. The minimum Gasteiger partial charge on any atom is -0.871 e. The van der Waals surface area contributed by atoms with Gasteiger partial charge in [0, 0.05) is 5.88 Å². The number of carbonyl (C=O) groups is 2. The predicted octanol–water partition coefficient (Wildman–Crippen LogP) is 1.40. The van der Waals surface area contributed by atoms with Crippen molar-refractivity contribution in [2.24, 2.45) is 51.1 Å². The summed E-state index contributed by atoms with van der Waals surface area (Å²) in [6.45, 7) is 6.28. The number of nitrogens with zero attached hydrogens (tertiary/aromatic N) is 17. The van der Waals surface area contributed by atoms with Crippen LogP contribution in [0.2, 0.25) is 0 Å². The first-order valence-electron chi connectivity index (χ1n) is 29.5. The Balaban J connectivity index is 0.000000285. The molecular formula is C64H48CoN18Na3O16S4. The summed E-state index contributed by atoms with van der Waals surface area (Å²) < 4.78 is 128. The van der Waals surface area contributed by atoms with Crippen LogP contribution in [0.25, 0.3) is 20.8 Å². The van der Waals surface area contributed by atoms with E-state index in [1.165, 1.54) is 77.5 Å². The molecule has 34 nitrogen and oxygen atoms in total. The van der Waals surface area contributed by atoms with Crippen molar-refractivity contribution in [2.45, 2.75) is 59.4 Å². The second kappa shape index (κ2) is 35.1. The van der Waals surface area contributed by atoms with Crippen LogP contribution in [0.1, 0.15) is 25.2 Å². The van der Waals surface area contributed by atoms with Crippen LogP contribution in [0.3, 0.4) is 0 Å². The molecule has 2 atom stereocenters. The first-order chi connectivity index (χ1) is 48.4. The second-order valence-corrected chi connectivity index (χ2v) is 27.8. The number of amides is 2. The Morgan fingerprint density at radius 1 is 0.472 bits per heavy atom. The molecule has 2 N–H and O–H groups in total. The molecule has 0 bridgehead atoms. The van der Waals surface area contributed by atoms with Gasteiger partial charge in [-0.3, -0.25) is 24.0 Å². The van der Waals surface area contributed by atoms with Gasteiger partial charge >= 0.3 is 105 Å². The number of para-hydroxylation sites is 2. The summed E-state index contributed by atoms with van der Waals surface area (Å²) in [7, 11) is -17.8. The fraction of sp³-hybridized carbons (Fsp3) is 0.0938. The number of azo groups is 4. The quantitative estimate of drug-likeness (QED) is 0.0619. The molecular weight excluding hydrogens is 1530 g/mol. The van der Waals surface area contributed by atoms with Crippen LogP contribution in [-0.4, -0.2) is 97.7 Å². The smallest absolute Gasteiger partial charge is 0.871 e. The van der Waals surface area contributed by atoms with Crippen molar-refractivity contribution >= 4 is 120 Å². The van der Waals surface area contributed by atoms with Crippen LogP contribution < -0.4 is 120 Å². The van der Waals surface area contributed by atoms with Gasteiger partial charge in [-0.05, 0) is 149 Å². The number of benzene rings is 8. The van der Waals surface area contributed by atoms with Crippen molar-refractivity contribution in [3.05, 3.63) is 225 Å². The number of hydrogen-bond donors (Lipinski definition) is 2. The molecule has 0 saturated carbocycles. The SMILES string of the molecule is CC1=NN(c2ccc(S(=O)(=O)O)cc2)C(=O)C1N=Nc1ccc([N-]S(=O)(=O)c2ccc([O-])c(N=Nc3c(C)[nH]n(-c4ccccc4)c3=O)c2)cc1.CC1=NN(c2ccc(S(=O)(=O)[O-])cc2)C(=O)C1N=Nc1ccc([N-]S(=O)(=O)c2ccc([O-])c(N=Nc3c(C)nn(-c4ccccc4)c3[O-])c2)cc1.[Co+3].[Na+].[Na+].[Na+]. The Morgan fingerprint density at radius 3 is 1.28 bits per heavy atom. The third kappa shape index (κ3) is 19.5. The molecule has 0 saturated heterocycles. The fourth-order valence-electron chi connectivity index (χ4n) is 9.50. The van der Waals surface area contributed by atoms with E-state index in [9.17, 15) is 72.5 Å². The van der Waals surface area contributed by atoms with Gasteiger partial charge in [0.15, 0.2) is 17.8 Å². The normalized spacial score (nSPS) is 14.6. The molecule has 2 aliphatic heterocycles. The number of H-pyrrole nitrogens is 1. The number of carbonyl (C=O) groups excluding carboxylic acids is 2. The van der Waals surface area contributed by atoms with Crippen molar-refractivity contribution in [2.75, 3.05) is 10.0 Å². The van der Waals surface area contributed by atoms with Gasteiger partial charge in [0.2, 0.25) is 0 Å². The molecule has 10 aromatic rings. The van der Waals surface area contributed by atoms with Crippen molar-refractivity contribution < 1.29 is 173 Å². The van der Waals surface area contributed by atoms with Gasteiger partial charge in [-0.1, -0.05) is 84.3 Å². The molecule has 2 amide bonds. The van der Waals surface area contributed by atoms with Crippen LogP contribution in [0.4, 0.5) is 56.9 Å². The Kier molecular flexibility index (Phi) is 27.8. The molecule has 4 heterocycles. The van der Waals surface area contributed by atoms with E-state index in [1.807, 2.05) is 0 Å². The maximum Gasteiger partial charge on any atom is 3.00 e. The molecule has 526 valence electrons. The van der Waals surface area contributed by atoms with Crippen molar-refractivity contribution in [3.63, 3.8) is 0 Å². The number of anilines is 2. The zero-order valence-electron chi connectivity index (χ0n) is 56.3. The van der Waals surface area contributed by atoms with Crippen molar-refractivity contribution in [3.8, 4) is 28.8 Å². The van der Waals surface area contributed by atoms with Gasteiger partial charge in [-0.2, -0.15) is 64.4 Å². The summed E-state index contributed by atoms with van der Waals surface area (Å²) in [5.41, 5.74) is 2.05. The van der Waals surface area contributed by atoms with Gasteiger partial charge in [-0.15, -0.1) is 21.6 Å². The topological polar surface area (TPSA) is 497 Å². The molecule has 12 rings (SSSR count). The van der Waals surface area contributed by atoms with E-state index in [4.69, 9.17) is 0 Å². The number of sulfonamides is 2. The molecule has 8 aromatic carbocycles. The van der Waals surface area contributed by atoms with Crippen LogP contribution in [0, 0.1) is 13.8 Å². The third-order valence-corrected chi connectivity index (χ3v) is 19.0. The van der Waals surface area contributed by atoms with Gasteiger partial charge in [0.25, 0.3) is 27.5 Å². The number of nitrogens with one attached hydrogen (secondary N) is 1. The molecule has 42 heteroatoms. The minimum absolute atomic E-state index is 0. The van der Waals surface area contributed by atoms with E-state index >= 15 is 0 Å². The number of aromatic amines is 1. The Labute approximate surface area is 680 Å². The van der Waals surface area contributed by atoms with Crippen LogP contribution in [-0.2, 0) is 66.7 Å². The summed E-state index contributed by atoms with van der Waals surface area (Å²) in [4.78, 5) is 37.4. The molecule has 0 radical (unpaired) electrons. The van der Waals surface area contributed by atoms with E-state index in [0.29, 0.717) is 28.5 Å². The van der Waals surface area contributed by atoms with Crippen LogP contribution >= 0.6 is 0 Å². The summed E-state index contributed by atoms with van der Waals surface area (Å²) in [5.74, 6) is -2.95. The number of aryl methyl sites for hydroxylation is 2. The second-order valence-electron chi connectivity index (χ2n) is 21.8. The minimum atomic E-state index is -4.66. The predicted molar refractivity (Wildman–Crippen MR) is 361 cm³/mol. The fourth-order valence-corrected chi connectivity index (χ4v) is 12.5. The Bertz CT molecular complexity index is 5690. The summed E-state index contributed by atoms with van der Waals surface area (Å²) in [5, 5.41) is 87.2. The average molecular weight is 1580 g/mol. The van der Waals surface area contributed by atoms with Gasteiger partial charge in [0.1, 0.15) is 35.9 Å². The number of hydrazone groups is 2. The molecule has 0 fully saturated rings. The number of hydrogen-bond acceptors (Lipinski definition) is 26. The number of aromatic nitrogens is 4.